The molecule has 1 N–H and O–H groups in total. The van der Waals surface area contributed by atoms with E-state index in [1.165, 1.54) is 14.2 Å². The number of esters is 2. The van der Waals surface area contributed by atoms with E-state index < -0.39 is 11.9 Å². The van der Waals surface area contributed by atoms with Crippen LogP contribution < -0.4 is 19.5 Å². The normalized spacial score (nSPS) is 27.0. The van der Waals surface area contributed by atoms with Crippen LogP contribution in [0, 0.1) is 5.92 Å². The fourth-order valence-corrected chi connectivity index (χ4v) is 5.28. The minimum absolute atomic E-state index is 0.115. The van der Waals surface area contributed by atoms with Gasteiger partial charge in [0.15, 0.2) is 11.5 Å². The van der Waals surface area contributed by atoms with Crippen LogP contribution in [0.1, 0.15) is 48.9 Å². The lowest BCUT2D eigenvalue weighted by atomic mass is 10.1. The molecule has 0 spiro atoms. The number of cyclic esters (lactones) is 1. The molecule has 3 aliphatic heterocycles. The van der Waals surface area contributed by atoms with Gasteiger partial charge in [-0.25, -0.2) is 4.79 Å². The number of rotatable bonds is 4. The Morgan fingerprint density at radius 3 is 2.36 bits per heavy atom. The summed E-state index contributed by atoms with van der Waals surface area (Å²) in [5, 5.41) is 2.71. The Bertz CT molecular complexity index is 1000. The average Bonchev–Trinajstić information content (AvgIpc) is 3.25. The summed E-state index contributed by atoms with van der Waals surface area (Å²) in [7, 11) is 3.02. The highest BCUT2D eigenvalue weighted by atomic mass is 16.5. The molecule has 1 aromatic rings. The third-order valence-electron chi connectivity index (χ3n) is 7.50. The lowest BCUT2D eigenvalue weighted by Crippen LogP contribution is -2.34. The van der Waals surface area contributed by atoms with Crippen LogP contribution in [0.4, 0.5) is 0 Å². The van der Waals surface area contributed by atoms with Crippen molar-refractivity contribution in [3.8, 4) is 17.2 Å². The highest BCUT2D eigenvalue weighted by Gasteiger charge is 2.31. The zero-order valence-electron chi connectivity index (χ0n) is 23.1. The number of hydrogen-bond acceptors (Lipinski definition) is 10. The maximum Gasteiger partial charge on any atom is 0.338 e. The van der Waals surface area contributed by atoms with Gasteiger partial charge in [-0.1, -0.05) is 0 Å². The molecule has 216 valence electrons. The number of fused-ring (bicyclic) bond motifs is 5. The Balaban J connectivity index is 1.48. The molecule has 0 aliphatic carbocycles. The van der Waals surface area contributed by atoms with E-state index in [1.54, 1.807) is 12.1 Å². The van der Waals surface area contributed by atoms with Crippen LogP contribution >= 0.6 is 0 Å². The van der Waals surface area contributed by atoms with Crippen LogP contribution in [0.5, 0.6) is 17.2 Å². The van der Waals surface area contributed by atoms with Gasteiger partial charge in [-0.3, -0.25) is 9.59 Å². The zero-order valence-corrected chi connectivity index (χ0v) is 23.1. The van der Waals surface area contributed by atoms with E-state index in [0.29, 0.717) is 55.4 Å². The lowest BCUT2D eigenvalue weighted by molar-refractivity contribution is -0.154. The van der Waals surface area contributed by atoms with Crippen molar-refractivity contribution in [3.63, 3.8) is 0 Å². The first-order valence-corrected chi connectivity index (χ1v) is 13.9. The van der Waals surface area contributed by atoms with Crippen molar-refractivity contribution < 1.29 is 38.1 Å². The van der Waals surface area contributed by atoms with Gasteiger partial charge < -0.3 is 38.8 Å². The molecule has 0 radical (unpaired) electrons. The van der Waals surface area contributed by atoms with Crippen molar-refractivity contribution in [3.05, 3.63) is 17.7 Å². The van der Waals surface area contributed by atoms with E-state index in [4.69, 9.17) is 23.7 Å². The van der Waals surface area contributed by atoms with E-state index in [1.807, 2.05) is 0 Å². The minimum Gasteiger partial charge on any atom is -0.493 e. The molecule has 39 heavy (non-hydrogen) atoms. The predicted octanol–water partition coefficient (Wildman–Crippen LogP) is 1.87. The highest BCUT2D eigenvalue weighted by Crippen LogP contribution is 2.39. The van der Waals surface area contributed by atoms with E-state index in [9.17, 15) is 14.4 Å². The number of carbonyl (C=O) groups excluding carboxylic acids is 3. The summed E-state index contributed by atoms with van der Waals surface area (Å²) in [5.74, 6) is -0.141. The smallest absolute Gasteiger partial charge is 0.338 e. The van der Waals surface area contributed by atoms with Gasteiger partial charge >= 0.3 is 11.9 Å². The first kappa shape index (κ1) is 28.9. The summed E-state index contributed by atoms with van der Waals surface area (Å²) < 4.78 is 28.5. The van der Waals surface area contributed by atoms with Crippen LogP contribution in [-0.2, 0) is 19.1 Å². The van der Waals surface area contributed by atoms with Crippen LogP contribution in [0.3, 0.4) is 0 Å². The van der Waals surface area contributed by atoms with Crippen molar-refractivity contribution >= 4 is 17.8 Å². The monoisotopic (exact) mass is 547 g/mol. The van der Waals surface area contributed by atoms with E-state index in [2.05, 4.69) is 15.1 Å². The molecule has 2 saturated heterocycles. The van der Waals surface area contributed by atoms with Crippen molar-refractivity contribution in [1.29, 1.82) is 0 Å². The third kappa shape index (κ3) is 8.22. The van der Waals surface area contributed by atoms with Gasteiger partial charge in [0, 0.05) is 39.1 Å². The topological polar surface area (TPSA) is 116 Å². The molecular formula is C28H41N3O8. The van der Waals surface area contributed by atoms with Crippen molar-refractivity contribution in [2.24, 2.45) is 5.92 Å². The van der Waals surface area contributed by atoms with Gasteiger partial charge in [0.25, 0.3) is 0 Å². The number of hydrogen-bond donors (Lipinski definition) is 1. The second-order valence-electron chi connectivity index (χ2n) is 10.3. The molecule has 3 heterocycles. The van der Waals surface area contributed by atoms with Crippen LogP contribution in [0.2, 0.25) is 0 Å². The van der Waals surface area contributed by atoms with E-state index >= 15 is 0 Å². The fourth-order valence-electron chi connectivity index (χ4n) is 5.28. The standard InChI is InChI=1S/C28H41N3O8/c1-35-23-16-20-17-24(26(23)36-2)37-14-3-6-22(39-28(34)21-18-25(32)29-19-21)7-11-31-9-4-8-30(12-13-31)10-5-15-38-27(20)33/h16-17,21-22H,3-15,18-19H2,1-2H3,(H,29,32). The van der Waals surface area contributed by atoms with Gasteiger partial charge in [0.05, 0.1) is 38.9 Å². The summed E-state index contributed by atoms with van der Waals surface area (Å²) in [6.45, 7) is 6.56. The molecule has 4 unspecified atom stereocenters. The summed E-state index contributed by atoms with van der Waals surface area (Å²) >= 11 is 0. The quantitative estimate of drug-likeness (QED) is 0.560. The van der Waals surface area contributed by atoms with Crippen LogP contribution in [-0.4, -0.2) is 107 Å². The first-order valence-electron chi connectivity index (χ1n) is 13.9. The number of carbonyl (C=O) groups is 3. The fraction of sp³-hybridized carbons (Fsp3) is 0.679. The number of nitrogens with zero attached hydrogens (tertiary/aromatic N) is 2. The molecule has 0 aromatic heterocycles. The van der Waals surface area contributed by atoms with Gasteiger partial charge in [0.1, 0.15) is 6.10 Å². The second kappa shape index (κ2) is 14.4. The molecule has 11 heteroatoms. The van der Waals surface area contributed by atoms with E-state index in [-0.39, 0.29) is 24.4 Å². The highest BCUT2D eigenvalue weighted by molar-refractivity contribution is 5.91. The van der Waals surface area contributed by atoms with Gasteiger partial charge in [-0.2, -0.15) is 0 Å². The molecule has 1 aromatic carbocycles. The molecule has 4 atom stereocenters. The van der Waals surface area contributed by atoms with Crippen molar-refractivity contribution in [1.82, 2.24) is 15.1 Å². The number of ether oxygens (including phenoxy) is 5. The van der Waals surface area contributed by atoms with Crippen LogP contribution in [0.15, 0.2) is 12.1 Å². The van der Waals surface area contributed by atoms with Crippen LogP contribution in [0.25, 0.3) is 0 Å². The summed E-state index contributed by atoms with van der Waals surface area (Å²) in [5.41, 5.74) is 0.331. The zero-order chi connectivity index (χ0) is 27.6. The molecule has 11 nitrogen and oxygen atoms in total. The molecule has 3 aliphatic rings. The number of nitrogens with one attached hydrogen (secondary N) is 1. The first-order chi connectivity index (χ1) is 19.0. The molecule has 2 fully saturated rings. The molecule has 1 amide bonds. The maximum absolute atomic E-state index is 12.8. The largest absolute Gasteiger partial charge is 0.493 e. The Kier molecular flexibility index (Phi) is 10.7. The van der Waals surface area contributed by atoms with Gasteiger partial charge in [-0.15, -0.1) is 0 Å². The molecule has 4 bridgehead atoms. The number of amides is 1. The lowest BCUT2D eigenvalue weighted by Gasteiger charge is -2.25. The maximum atomic E-state index is 12.8. The SMILES string of the molecule is COc1cc2cc(c1OC)OCCCC(OC(=O)C1CNC(=O)C1)CCN1CCCN(CCCOC2=O)CC1. The Morgan fingerprint density at radius 2 is 1.64 bits per heavy atom. The molecule has 0 saturated carbocycles. The average molecular weight is 548 g/mol. The van der Waals surface area contributed by atoms with Crippen molar-refractivity contribution in [2.45, 2.75) is 44.6 Å². The number of benzene rings is 1. The minimum atomic E-state index is -0.437. The summed E-state index contributed by atoms with van der Waals surface area (Å²) in [6.07, 6.45) is 3.65. The summed E-state index contributed by atoms with van der Waals surface area (Å²) in [6, 6.07) is 3.21. The third-order valence-corrected chi connectivity index (χ3v) is 7.50. The predicted molar refractivity (Wildman–Crippen MR) is 142 cm³/mol. The molecular weight excluding hydrogens is 506 g/mol. The second-order valence-corrected chi connectivity index (χ2v) is 10.3. The van der Waals surface area contributed by atoms with Gasteiger partial charge in [0.2, 0.25) is 11.7 Å². The number of methoxy groups -OCH3 is 2. The van der Waals surface area contributed by atoms with Gasteiger partial charge in [-0.05, 0) is 57.3 Å². The Labute approximate surface area is 230 Å². The van der Waals surface area contributed by atoms with E-state index in [0.717, 1.165) is 58.5 Å². The van der Waals surface area contributed by atoms with Crippen molar-refractivity contribution in [2.75, 3.05) is 73.2 Å². The molecule has 4 rings (SSSR count). The summed E-state index contributed by atoms with van der Waals surface area (Å²) in [4.78, 5) is 42.0. The Morgan fingerprint density at radius 1 is 0.897 bits per heavy atom. The Hall–Kier alpha value is -3.05.